The van der Waals surface area contributed by atoms with Crippen LogP contribution < -0.4 is 14.8 Å². The van der Waals surface area contributed by atoms with Crippen LogP contribution in [0.15, 0.2) is 18.2 Å². The zero-order valence-electron chi connectivity index (χ0n) is 9.45. The predicted octanol–water partition coefficient (Wildman–Crippen LogP) is 1.60. The van der Waals surface area contributed by atoms with Crippen molar-refractivity contribution in [2.75, 3.05) is 14.2 Å². The number of rotatable bonds is 4. The summed E-state index contributed by atoms with van der Waals surface area (Å²) in [5.74, 6) is 1.18. The number of methoxy groups -OCH3 is 2. The van der Waals surface area contributed by atoms with E-state index in [1.54, 1.807) is 32.4 Å². The maximum absolute atomic E-state index is 11.8. The summed E-state index contributed by atoms with van der Waals surface area (Å²) >= 11 is 0. The van der Waals surface area contributed by atoms with E-state index in [9.17, 15) is 4.79 Å². The fraction of sp³-hybridized carbons (Fsp3) is 0.417. The van der Waals surface area contributed by atoms with E-state index in [0.717, 1.165) is 12.8 Å². The van der Waals surface area contributed by atoms with Crippen molar-refractivity contribution < 1.29 is 14.3 Å². The van der Waals surface area contributed by atoms with Crippen LogP contribution in [-0.4, -0.2) is 26.2 Å². The summed E-state index contributed by atoms with van der Waals surface area (Å²) in [6.45, 7) is 0. The van der Waals surface area contributed by atoms with E-state index in [1.165, 1.54) is 0 Å². The summed E-state index contributed by atoms with van der Waals surface area (Å²) in [6, 6.07) is 5.51. The highest BCUT2D eigenvalue weighted by Gasteiger charge is 2.24. The molecular formula is C12H15NO3. The van der Waals surface area contributed by atoms with E-state index in [2.05, 4.69) is 5.32 Å². The van der Waals surface area contributed by atoms with Crippen molar-refractivity contribution in [3.8, 4) is 11.5 Å². The molecule has 0 aliphatic heterocycles. The van der Waals surface area contributed by atoms with Crippen molar-refractivity contribution >= 4 is 5.91 Å². The first-order chi connectivity index (χ1) is 7.72. The van der Waals surface area contributed by atoms with Gasteiger partial charge in [-0.3, -0.25) is 4.79 Å². The van der Waals surface area contributed by atoms with Gasteiger partial charge in [0, 0.05) is 17.7 Å². The minimum atomic E-state index is -0.0697. The van der Waals surface area contributed by atoms with Gasteiger partial charge in [0.2, 0.25) is 0 Å². The SMILES string of the molecule is COc1cc(OC)cc(C(=O)NC2CC2)c1. The third kappa shape index (κ3) is 2.45. The van der Waals surface area contributed by atoms with Gasteiger partial charge in [0.05, 0.1) is 14.2 Å². The summed E-state index contributed by atoms with van der Waals surface area (Å²) in [7, 11) is 3.13. The molecule has 16 heavy (non-hydrogen) atoms. The molecular weight excluding hydrogens is 206 g/mol. The number of amides is 1. The summed E-state index contributed by atoms with van der Waals surface area (Å²) in [5, 5.41) is 2.92. The van der Waals surface area contributed by atoms with Crippen molar-refractivity contribution in [3.63, 3.8) is 0 Å². The van der Waals surface area contributed by atoms with Crippen molar-refractivity contribution in [1.82, 2.24) is 5.32 Å². The van der Waals surface area contributed by atoms with Crippen molar-refractivity contribution in [2.24, 2.45) is 0 Å². The van der Waals surface area contributed by atoms with E-state index < -0.39 is 0 Å². The number of carbonyl (C=O) groups excluding carboxylic acids is 1. The van der Waals surface area contributed by atoms with Crippen LogP contribution in [0.25, 0.3) is 0 Å². The number of hydrogen-bond acceptors (Lipinski definition) is 3. The highest BCUT2D eigenvalue weighted by molar-refractivity contribution is 5.95. The number of benzene rings is 1. The molecule has 1 aliphatic carbocycles. The zero-order valence-corrected chi connectivity index (χ0v) is 9.45. The van der Waals surface area contributed by atoms with Crippen molar-refractivity contribution in [3.05, 3.63) is 23.8 Å². The predicted molar refractivity (Wildman–Crippen MR) is 60.0 cm³/mol. The molecule has 1 aliphatic rings. The quantitative estimate of drug-likeness (QED) is 0.840. The van der Waals surface area contributed by atoms with Crippen LogP contribution in [0.1, 0.15) is 23.2 Å². The molecule has 4 nitrogen and oxygen atoms in total. The van der Waals surface area contributed by atoms with Gasteiger partial charge in [0.1, 0.15) is 11.5 Å². The van der Waals surface area contributed by atoms with Gasteiger partial charge < -0.3 is 14.8 Å². The van der Waals surface area contributed by atoms with E-state index >= 15 is 0 Å². The standard InChI is InChI=1S/C12H15NO3/c1-15-10-5-8(6-11(7-10)16-2)12(14)13-9-3-4-9/h5-7,9H,3-4H2,1-2H3,(H,13,14). The molecule has 1 fully saturated rings. The van der Waals surface area contributed by atoms with E-state index in [-0.39, 0.29) is 5.91 Å². The second-order valence-electron chi connectivity index (χ2n) is 3.85. The molecule has 0 saturated heterocycles. The van der Waals surface area contributed by atoms with Gasteiger partial charge in [0.25, 0.3) is 5.91 Å². The summed E-state index contributed by atoms with van der Waals surface area (Å²) < 4.78 is 10.2. The third-order valence-electron chi connectivity index (χ3n) is 2.53. The number of carbonyl (C=O) groups is 1. The van der Waals surface area contributed by atoms with Crippen LogP contribution in [0.4, 0.5) is 0 Å². The minimum absolute atomic E-state index is 0.0697. The van der Waals surface area contributed by atoms with Crippen LogP contribution in [0, 0.1) is 0 Å². The first-order valence-corrected chi connectivity index (χ1v) is 5.27. The average molecular weight is 221 g/mol. The molecule has 0 unspecified atom stereocenters. The van der Waals surface area contributed by atoms with Crippen molar-refractivity contribution in [1.29, 1.82) is 0 Å². The highest BCUT2D eigenvalue weighted by Crippen LogP contribution is 2.24. The molecule has 1 amide bonds. The number of ether oxygens (including phenoxy) is 2. The fourth-order valence-corrected chi connectivity index (χ4v) is 1.43. The average Bonchev–Trinajstić information content (AvgIpc) is 3.12. The Morgan fingerprint density at radius 3 is 2.19 bits per heavy atom. The highest BCUT2D eigenvalue weighted by atomic mass is 16.5. The number of nitrogens with one attached hydrogen (secondary N) is 1. The van der Waals surface area contributed by atoms with Crippen LogP contribution in [0.2, 0.25) is 0 Å². The Hall–Kier alpha value is -1.71. The Morgan fingerprint density at radius 1 is 1.19 bits per heavy atom. The molecule has 2 rings (SSSR count). The van der Waals surface area contributed by atoms with Crippen molar-refractivity contribution in [2.45, 2.75) is 18.9 Å². The lowest BCUT2D eigenvalue weighted by atomic mass is 10.2. The monoisotopic (exact) mass is 221 g/mol. The summed E-state index contributed by atoms with van der Waals surface area (Å²) in [6.07, 6.45) is 2.15. The van der Waals surface area contributed by atoms with Gasteiger partial charge in [-0.25, -0.2) is 0 Å². The van der Waals surface area contributed by atoms with Crippen LogP contribution >= 0.6 is 0 Å². The van der Waals surface area contributed by atoms with E-state index in [0.29, 0.717) is 23.1 Å². The van der Waals surface area contributed by atoms with Crippen LogP contribution in [-0.2, 0) is 0 Å². The van der Waals surface area contributed by atoms with Gasteiger partial charge >= 0.3 is 0 Å². The lowest BCUT2D eigenvalue weighted by Crippen LogP contribution is -2.25. The molecule has 0 heterocycles. The van der Waals surface area contributed by atoms with Gasteiger partial charge in [-0.1, -0.05) is 0 Å². The molecule has 0 radical (unpaired) electrons. The molecule has 1 saturated carbocycles. The first-order valence-electron chi connectivity index (χ1n) is 5.27. The molecule has 0 spiro atoms. The second kappa shape index (κ2) is 4.43. The zero-order chi connectivity index (χ0) is 11.5. The van der Waals surface area contributed by atoms with Crippen LogP contribution in [0.5, 0.6) is 11.5 Å². The Bertz CT molecular complexity index is 377. The minimum Gasteiger partial charge on any atom is -0.497 e. The van der Waals surface area contributed by atoms with Gasteiger partial charge in [-0.15, -0.1) is 0 Å². The van der Waals surface area contributed by atoms with Gasteiger partial charge in [-0.2, -0.15) is 0 Å². The van der Waals surface area contributed by atoms with E-state index in [4.69, 9.17) is 9.47 Å². The maximum Gasteiger partial charge on any atom is 0.251 e. The lowest BCUT2D eigenvalue weighted by molar-refractivity contribution is 0.0950. The summed E-state index contributed by atoms with van der Waals surface area (Å²) in [5.41, 5.74) is 0.572. The normalized spacial score (nSPS) is 14.4. The second-order valence-corrected chi connectivity index (χ2v) is 3.85. The lowest BCUT2D eigenvalue weighted by Gasteiger charge is -2.08. The molecule has 1 aromatic carbocycles. The first kappa shape index (κ1) is 10.8. The van der Waals surface area contributed by atoms with Gasteiger partial charge in [-0.05, 0) is 25.0 Å². The van der Waals surface area contributed by atoms with Crippen LogP contribution in [0.3, 0.4) is 0 Å². The Labute approximate surface area is 94.6 Å². The topological polar surface area (TPSA) is 47.6 Å². The molecule has 0 aromatic heterocycles. The van der Waals surface area contributed by atoms with E-state index in [1.807, 2.05) is 0 Å². The Balaban J connectivity index is 2.20. The largest absolute Gasteiger partial charge is 0.497 e. The molecule has 0 bridgehead atoms. The molecule has 1 aromatic rings. The molecule has 1 N–H and O–H groups in total. The summed E-state index contributed by atoms with van der Waals surface area (Å²) in [4.78, 5) is 11.8. The number of hydrogen-bond donors (Lipinski definition) is 1. The molecule has 86 valence electrons. The molecule has 4 heteroatoms. The Morgan fingerprint density at radius 2 is 1.75 bits per heavy atom. The fourth-order valence-electron chi connectivity index (χ4n) is 1.43. The maximum atomic E-state index is 11.8. The molecule has 0 atom stereocenters. The Kier molecular flexibility index (Phi) is 2.99. The smallest absolute Gasteiger partial charge is 0.251 e. The van der Waals surface area contributed by atoms with Gasteiger partial charge in [0.15, 0.2) is 0 Å². The third-order valence-corrected chi connectivity index (χ3v) is 2.53.